The van der Waals surface area contributed by atoms with Gasteiger partial charge in [-0.3, -0.25) is 4.98 Å². The van der Waals surface area contributed by atoms with Crippen LogP contribution in [0.1, 0.15) is 0 Å². The molecule has 0 amide bonds. The number of nitrogens with zero attached hydrogens (tertiary/aromatic N) is 1. The first-order valence-corrected chi connectivity index (χ1v) is 3.32. The van der Waals surface area contributed by atoms with Crippen molar-refractivity contribution in [3.8, 4) is 11.3 Å². The molecule has 0 unspecified atom stereocenters. The molecule has 2 heteroatoms. The maximum atomic E-state index is 4.87. The number of rotatable bonds is 1. The third-order valence-electron chi connectivity index (χ3n) is 1.41. The molecule has 0 spiro atoms. The lowest BCUT2D eigenvalue weighted by Gasteiger charge is -1.91. The van der Waals surface area contributed by atoms with Gasteiger partial charge < -0.3 is 4.42 Å². The van der Waals surface area contributed by atoms with Crippen LogP contribution in [0.5, 0.6) is 0 Å². The average Bonchev–Trinajstić information content (AvgIpc) is 2.58. The van der Waals surface area contributed by atoms with Crippen LogP contribution < -0.4 is 0 Å². The molecule has 1 radical (unpaired) electrons. The van der Waals surface area contributed by atoms with Gasteiger partial charge in [0, 0.05) is 17.8 Å². The zero-order valence-corrected chi connectivity index (χ0v) is 5.82. The predicted molar refractivity (Wildman–Crippen MR) is 40.8 cm³/mol. The van der Waals surface area contributed by atoms with Crippen LogP contribution in [0.3, 0.4) is 0 Å². The van der Waals surface area contributed by atoms with Crippen LogP contribution in [0.2, 0.25) is 0 Å². The van der Waals surface area contributed by atoms with Crippen LogP contribution in [-0.4, -0.2) is 4.98 Å². The zero-order chi connectivity index (χ0) is 7.52. The second-order valence-corrected chi connectivity index (χ2v) is 2.14. The molecule has 0 aliphatic heterocycles. The molecule has 2 heterocycles. The van der Waals surface area contributed by atoms with E-state index in [0.29, 0.717) is 0 Å². The van der Waals surface area contributed by atoms with E-state index in [2.05, 4.69) is 11.1 Å². The summed E-state index contributed by atoms with van der Waals surface area (Å²) in [5.41, 5.74) is 1.78. The van der Waals surface area contributed by atoms with Crippen molar-refractivity contribution >= 4 is 0 Å². The van der Waals surface area contributed by atoms with E-state index in [0.717, 1.165) is 11.3 Å². The number of hydrogen-bond donors (Lipinski definition) is 0. The molecular weight excluding hydrogens is 138 g/mol. The fourth-order valence-corrected chi connectivity index (χ4v) is 0.890. The van der Waals surface area contributed by atoms with Crippen molar-refractivity contribution in [3.05, 3.63) is 43.0 Å². The minimum Gasteiger partial charge on any atom is -0.471 e. The van der Waals surface area contributed by atoms with Gasteiger partial charge in [-0.2, -0.15) is 0 Å². The van der Waals surface area contributed by atoms with Crippen LogP contribution in [0, 0.1) is 6.07 Å². The van der Waals surface area contributed by atoms with E-state index >= 15 is 0 Å². The van der Waals surface area contributed by atoms with E-state index < -0.39 is 0 Å². The van der Waals surface area contributed by atoms with Gasteiger partial charge in [0.2, 0.25) is 0 Å². The fourth-order valence-electron chi connectivity index (χ4n) is 0.890. The average molecular weight is 144 g/mol. The van der Waals surface area contributed by atoms with Crippen molar-refractivity contribution in [1.29, 1.82) is 0 Å². The van der Waals surface area contributed by atoms with Crippen molar-refractivity contribution in [2.45, 2.75) is 0 Å². The van der Waals surface area contributed by atoms with Gasteiger partial charge in [0.05, 0.1) is 12.0 Å². The molecule has 11 heavy (non-hydrogen) atoms. The first-order valence-electron chi connectivity index (χ1n) is 3.32. The normalized spacial score (nSPS) is 9.82. The summed E-state index contributed by atoms with van der Waals surface area (Å²) in [4.78, 5) is 4.13. The van der Waals surface area contributed by atoms with E-state index in [1.165, 1.54) is 6.26 Å². The largest absolute Gasteiger partial charge is 0.471 e. The maximum absolute atomic E-state index is 4.87. The number of furan rings is 1. The van der Waals surface area contributed by atoms with Gasteiger partial charge >= 0.3 is 0 Å². The van der Waals surface area contributed by atoms with Crippen molar-refractivity contribution in [1.82, 2.24) is 4.98 Å². The maximum Gasteiger partial charge on any atom is 0.100 e. The third kappa shape index (κ3) is 1.15. The summed E-state index contributed by atoms with van der Waals surface area (Å²) in [7, 11) is 0. The smallest absolute Gasteiger partial charge is 0.100 e. The molecule has 0 fully saturated rings. The van der Waals surface area contributed by atoms with Crippen LogP contribution in [0.4, 0.5) is 0 Å². The first kappa shape index (κ1) is 6.16. The zero-order valence-electron chi connectivity index (χ0n) is 5.82. The van der Waals surface area contributed by atoms with Gasteiger partial charge in [-0.05, 0) is 12.1 Å². The second kappa shape index (κ2) is 2.58. The molecule has 2 aromatic heterocycles. The summed E-state index contributed by atoms with van der Waals surface area (Å²) in [6.07, 6.45) is 4.89. The van der Waals surface area contributed by atoms with Crippen LogP contribution >= 0.6 is 0 Å². The van der Waals surface area contributed by atoms with Crippen LogP contribution in [-0.2, 0) is 0 Å². The Morgan fingerprint density at radius 1 is 1.36 bits per heavy atom. The fraction of sp³-hybridized carbons (Fsp3) is 0. The van der Waals surface area contributed by atoms with Gasteiger partial charge in [0.25, 0.3) is 0 Å². The van der Waals surface area contributed by atoms with Gasteiger partial charge in [0.15, 0.2) is 0 Å². The van der Waals surface area contributed by atoms with Crippen molar-refractivity contribution in [2.24, 2.45) is 0 Å². The molecule has 0 aliphatic rings. The predicted octanol–water partition coefficient (Wildman–Crippen LogP) is 2.14. The summed E-state index contributed by atoms with van der Waals surface area (Å²) in [6, 6.07) is 8.65. The SMILES string of the molecule is [c]1cocc1-c1ccccn1. The first-order chi connectivity index (χ1) is 5.47. The number of pyridine rings is 1. The van der Waals surface area contributed by atoms with Gasteiger partial charge in [-0.25, -0.2) is 0 Å². The molecule has 0 atom stereocenters. The molecule has 53 valence electrons. The molecule has 0 N–H and O–H groups in total. The number of hydrogen-bond acceptors (Lipinski definition) is 2. The molecule has 0 bridgehead atoms. The Morgan fingerprint density at radius 3 is 3.00 bits per heavy atom. The topological polar surface area (TPSA) is 26.0 Å². The Kier molecular flexibility index (Phi) is 1.44. The Morgan fingerprint density at radius 2 is 2.36 bits per heavy atom. The highest BCUT2D eigenvalue weighted by Crippen LogP contribution is 2.14. The summed E-state index contributed by atoms with van der Waals surface area (Å²) in [6.45, 7) is 0. The van der Waals surface area contributed by atoms with E-state index in [1.54, 1.807) is 12.5 Å². The lowest BCUT2D eigenvalue weighted by molar-refractivity contribution is 0.567. The monoisotopic (exact) mass is 144 g/mol. The highest BCUT2D eigenvalue weighted by atomic mass is 16.3. The van der Waals surface area contributed by atoms with E-state index in [4.69, 9.17) is 4.42 Å². The highest BCUT2D eigenvalue weighted by molar-refractivity contribution is 5.55. The molecule has 2 aromatic rings. The van der Waals surface area contributed by atoms with Crippen molar-refractivity contribution < 1.29 is 4.42 Å². The molecular formula is C9H6NO. The van der Waals surface area contributed by atoms with Crippen LogP contribution in [0.15, 0.2) is 41.3 Å². The van der Waals surface area contributed by atoms with E-state index in [1.807, 2.05) is 18.2 Å². The minimum atomic E-state index is 0.890. The van der Waals surface area contributed by atoms with Gasteiger partial charge in [0.1, 0.15) is 6.26 Å². The van der Waals surface area contributed by atoms with Gasteiger partial charge in [-0.15, -0.1) is 0 Å². The highest BCUT2D eigenvalue weighted by Gasteiger charge is 1.97. The Hall–Kier alpha value is -1.57. The Balaban J connectivity index is 2.46. The molecule has 2 rings (SSSR count). The standard InChI is InChI=1S/C9H6NO/c1-2-5-10-9(3-1)8-4-6-11-7-8/h1-3,5-7H. The summed E-state index contributed by atoms with van der Waals surface area (Å²) >= 11 is 0. The van der Waals surface area contributed by atoms with E-state index in [9.17, 15) is 0 Å². The summed E-state index contributed by atoms with van der Waals surface area (Å²) in [5, 5.41) is 0. The summed E-state index contributed by atoms with van der Waals surface area (Å²) in [5.74, 6) is 0. The lowest BCUT2D eigenvalue weighted by atomic mass is 10.2. The molecule has 0 aliphatic carbocycles. The minimum absolute atomic E-state index is 0.890. The Labute approximate surface area is 64.5 Å². The molecule has 0 aromatic carbocycles. The quantitative estimate of drug-likeness (QED) is 0.612. The van der Waals surface area contributed by atoms with Crippen LogP contribution in [0.25, 0.3) is 11.3 Å². The van der Waals surface area contributed by atoms with Gasteiger partial charge in [-0.1, -0.05) is 6.07 Å². The molecule has 0 saturated heterocycles. The Bertz CT molecular complexity index is 313. The number of aromatic nitrogens is 1. The van der Waals surface area contributed by atoms with E-state index in [-0.39, 0.29) is 0 Å². The van der Waals surface area contributed by atoms with Crippen molar-refractivity contribution in [2.75, 3.05) is 0 Å². The molecule has 2 nitrogen and oxygen atoms in total. The second-order valence-electron chi connectivity index (χ2n) is 2.14. The lowest BCUT2D eigenvalue weighted by Crippen LogP contribution is -1.76. The molecule has 0 saturated carbocycles. The van der Waals surface area contributed by atoms with Crippen molar-refractivity contribution in [3.63, 3.8) is 0 Å². The third-order valence-corrected chi connectivity index (χ3v) is 1.41. The summed E-state index contributed by atoms with van der Waals surface area (Å²) < 4.78 is 4.87.